The summed E-state index contributed by atoms with van der Waals surface area (Å²) in [6.45, 7) is -0.930. The molecule has 7 N–H and O–H groups in total. The number of hydrogen-bond donors (Lipinski definition) is 7. The summed E-state index contributed by atoms with van der Waals surface area (Å²) in [5, 5.41) is 66.5. The molecule has 0 aromatic rings. The fraction of sp³-hybridized carbons (Fsp3) is 1.00. The zero-order valence-electron chi connectivity index (χ0n) is 11.0. The van der Waals surface area contributed by atoms with Crippen molar-refractivity contribution in [2.24, 2.45) is 0 Å². The summed E-state index contributed by atoms with van der Waals surface area (Å²) in [6.07, 6.45) is -13.2. The molecule has 0 amide bonds. The molecular formula is C11H20O10. The highest BCUT2D eigenvalue weighted by Gasteiger charge is 2.48. The van der Waals surface area contributed by atoms with E-state index in [0.717, 1.165) is 0 Å². The molecule has 0 aliphatic carbocycles. The first-order valence-corrected chi connectivity index (χ1v) is 6.48. The highest BCUT2D eigenvalue weighted by atomic mass is 16.7. The molecule has 2 rings (SSSR count). The number of ether oxygens (including phenoxy) is 3. The Morgan fingerprint density at radius 2 is 1.57 bits per heavy atom. The second-order valence-corrected chi connectivity index (χ2v) is 5.08. The minimum absolute atomic E-state index is 0.304. The lowest BCUT2D eigenvalue weighted by Crippen LogP contribution is -2.62. The van der Waals surface area contributed by atoms with Crippen LogP contribution < -0.4 is 0 Å². The Bertz CT molecular complexity index is 339. The third-order valence-corrected chi connectivity index (χ3v) is 3.58. The summed E-state index contributed by atoms with van der Waals surface area (Å²) < 4.78 is 15.1. The van der Waals surface area contributed by atoms with E-state index < -0.39 is 61.9 Å². The summed E-state index contributed by atoms with van der Waals surface area (Å²) in [4.78, 5) is 0. The van der Waals surface area contributed by atoms with Gasteiger partial charge in [0.25, 0.3) is 0 Å². The van der Waals surface area contributed by atoms with Gasteiger partial charge in [0.15, 0.2) is 12.6 Å². The average Bonchev–Trinajstić information content (AvgIpc) is 2.47. The monoisotopic (exact) mass is 312 g/mol. The fourth-order valence-electron chi connectivity index (χ4n) is 2.29. The van der Waals surface area contributed by atoms with Crippen LogP contribution in [0.1, 0.15) is 0 Å². The molecule has 21 heavy (non-hydrogen) atoms. The van der Waals surface area contributed by atoms with Crippen LogP contribution in [0.4, 0.5) is 0 Å². The molecule has 0 aromatic heterocycles. The van der Waals surface area contributed by atoms with Crippen LogP contribution in [-0.2, 0) is 14.2 Å². The quantitative estimate of drug-likeness (QED) is 0.268. The van der Waals surface area contributed by atoms with Gasteiger partial charge >= 0.3 is 0 Å². The van der Waals surface area contributed by atoms with Gasteiger partial charge in [0.05, 0.1) is 13.2 Å². The third kappa shape index (κ3) is 3.35. The van der Waals surface area contributed by atoms with Crippen molar-refractivity contribution in [3.63, 3.8) is 0 Å². The zero-order valence-corrected chi connectivity index (χ0v) is 11.0. The van der Waals surface area contributed by atoms with Crippen LogP contribution in [0, 0.1) is 0 Å². The van der Waals surface area contributed by atoms with E-state index in [-0.39, 0.29) is 6.61 Å². The highest BCUT2D eigenvalue weighted by Crippen LogP contribution is 2.26. The van der Waals surface area contributed by atoms with Gasteiger partial charge in [-0.1, -0.05) is 0 Å². The molecule has 9 atom stereocenters. The molecule has 2 aliphatic heterocycles. The van der Waals surface area contributed by atoms with E-state index in [1.165, 1.54) is 0 Å². The minimum atomic E-state index is -1.69. The van der Waals surface area contributed by atoms with Crippen molar-refractivity contribution in [1.82, 2.24) is 0 Å². The van der Waals surface area contributed by atoms with Crippen LogP contribution in [0.5, 0.6) is 0 Å². The normalized spacial score (nSPS) is 51.9. The van der Waals surface area contributed by atoms with E-state index in [1.807, 2.05) is 0 Å². The van der Waals surface area contributed by atoms with E-state index in [4.69, 9.17) is 14.2 Å². The standard InChI is InChI=1S/C11H20O10/c12-1-4-9(6(15)7(16)10(18)20-4)21-11-8(17)5(14)3(13)2-19-11/h3-18H,1-2H2/t3-,4-,5+,6-,7-,8-,9-,10?,11+/m1/s1. The first kappa shape index (κ1) is 17.0. The molecule has 10 nitrogen and oxygen atoms in total. The van der Waals surface area contributed by atoms with Crippen molar-refractivity contribution in [2.75, 3.05) is 13.2 Å². The lowest BCUT2D eigenvalue weighted by Gasteiger charge is -2.43. The second-order valence-electron chi connectivity index (χ2n) is 5.08. The van der Waals surface area contributed by atoms with E-state index in [9.17, 15) is 35.7 Å². The first-order valence-electron chi connectivity index (χ1n) is 6.48. The molecular weight excluding hydrogens is 292 g/mol. The van der Waals surface area contributed by atoms with Crippen LogP contribution >= 0.6 is 0 Å². The van der Waals surface area contributed by atoms with Gasteiger partial charge in [-0.15, -0.1) is 0 Å². The number of aliphatic hydroxyl groups excluding tert-OH is 7. The SMILES string of the molecule is OC[C@H]1OC(O)[C@H](O)[C@@H](O)[C@@H]1O[C@@H]1OC[C@@H](O)[C@H](O)[C@H]1O. The maximum absolute atomic E-state index is 9.87. The summed E-state index contributed by atoms with van der Waals surface area (Å²) >= 11 is 0. The molecule has 0 radical (unpaired) electrons. The second kappa shape index (κ2) is 6.79. The van der Waals surface area contributed by atoms with Gasteiger partial charge in [-0.25, -0.2) is 0 Å². The van der Waals surface area contributed by atoms with Gasteiger partial charge in [0.1, 0.15) is 42.7 Å². The molecule has 2 aliphatic rings. The van der Waals surface area contributed by atoms with Gasteiger partial charge in [0, 0.05) is 0 Å². The summed E-state index contributed by atoms with van der Waals surface area (Å²) in [7, 11) is 0. The molecule has 0 saturated carbocycles. The van der Waals surface area contributed by atoms with Crippen LogP contribution in [0.2, 0.25) is 0 Å². The minimum Gasteiger partial charge on any atom is -0.394 e. The Hall–Kier alpha value is -0.400. The number of rotatable bonds is 3. The summed E-state index contributed by atoms with van der Waals surface area (Å²) in [5.74, 6) is 0. The van der Waals surface area contributed by atoms with Crippen molar-refractivity contribution in [1.29, 1.82) is 0 Å². The Balaban J connectivity index is 2.05. The smallest absolute Gasteiger partial charge is 0.186 e. The molecule has 2 fully saturated rings. The first-order chi connectivity index (χ1) is 9.86. The largest absolute Gasteiger partial charge is 0.394 e. The maximum atomic E-state index is 9.87. The van der Waals surface area contributed by atoms with Gasteiger partial charge in [-0.2, -0.15) is 0 Å². The number of aliphatic hydroxyl groups is 7. The number of hydrogen-bond acceptors (Lipinski definition) is 10. The van der Waals surface area contributed by atoms with Crippen LogP contribution in [0.15, 0.2) is 0 Å². The topological polar surface area (TPSA) is 169 Å². The van der Waals surface area contributed by atoms with Gasteiger partial charge in [-0.05, 0) is 0 Å². The molecule has 2 saturated heterocycles. The van der Waals surface area contributed by atoms with E-state index in [1.54, 1.807) is 0 Å². The van der Waals surface area contributed by atoms with Crippen LogP contribution in [-0.4, -0.2) is 104 Å². The van der Waals surface area contributed by atoms with Gasteiger partial charge in [0.2, 0.25) is 0 Å². The fourth-order valence-corrected chi connectivity index (χ4v) is 2.29. The summed E-state index contributed by atoms with van der Waals surface area (Å²) in [6, 6.07) is 0. The van der Waals surface area contributed by atoms with Crippen molar-refractivity contribution in [3.8, 4) is 0 Å². The molecule has 1 unspecified atom stereocenters. The highest BCUT2D eigenvalue weighted by molar-refractivity contribution is 4.91. The molecule has 0 aromatic carbocycles. The predicted molar refractivity (Wildman–Crippen MR) is 62.6 cm³/mol. The van der Waals surface area contributed by atoms with Gasteiger partial charge < -0.3 is 50.0 Å². The molecule has 0 spiro atoms. The lowest BCUT2D eigenvalue weighted by atomic mass is 9.98. The average molecular weight is 312 g/mol. The van der Waals surface area contributed by atoms with E-state index >= 15 is 0 Å². The van der Waals surface area contributed by atoms with Crippen molar-refractivity contribution >= 4 is 0 Å². The molecule has 124 valence electrons. The Morgan fingerprint density at radius 3 is 2.19 bits per heavy atom. The third-order valence-electron chi connectivity index (χ3n) is 3.58. The van der Waals surface area contributed by atoms with Crippen LogP contribution in [0.3, 0.4) is 0 Å². The van der Waals surface area contributed by atoms with Gasteiger partial charge in [-0.3, -0.25) is 0 Å². The zero-order chi connectivity index (χ0) is 15.7. The lowest BCUT2D eigenvalue weighted by molar-refractivity contribution is -0.342. The molecule has 0 bridgehead atoms. The van der Waals surface area contributed by atoms with E-state index in [2.05, 4.69) is 0 Å². The van der Waals surface area contributed by atoms with Crippen molar-refractivity contribution < 1.29 is 50.0 Å². The van der Waals surface area contributed by atoms with Crippen molar-refractivity contribution in [2.45, 2.75) is 55.3 Å². The van der Waals surface area contributed by atoms with Crippen LogP contribution in [0.25, 0.3) is 0 Å². The Labute approximate surface area is 119 Å². The Morgan fingerprint density at radius 1 is 0.905 bits per heavy atom. The molecule has 2 heterocycles. The molecule has 10 heteroatoms. The predicted octanol–water partition coefficient (Wildman–Crippen LogP) is -4.76. The summed E-state index contributed by atoms with van der Waals surface area (Å²) in [5.41, 5.74) is 0. The van der Waals surface area contributed by atoms with E-state index in [0.29, 0.717) is 0 Å². The Kier molecular flexibility index (Phi) is 5.48. The maximum Gasteiger partial charge on any atom is 0.186 e. The van der Waals surface area contributed by atoms with Crippen molar-refractivity contribution in [3.05, 3.63) is 0 Å².